The van der Waals surface area contributed by atoms with Crippen LogP contribution >= 0.6 is 0 Å². The quantitative estimate of drug-likeness (QED) is 0.835. The third-order valence-electron chi connectivity index (χ3n) is 3.59. The molecule has 3 N–H and O–H groups in total. The summed E-state index contributed by atoms with van der Waals surface area (Å²) in [6.07, 6.45) is 3.88. The highest BCUT2D eigenvalue weighted by Crippen LogP contribution is 2.22. The van der Waals surface area contributed by atoms with E-state index in [0.29, 0.717) is 5.70 Å². The average molecular weight is 278 g/mol. The number of benzene rings is 2. The minimum atomic E-state index is 0.588. The lowest BCUT2D eigenvalue weighted by atomic mass is 10.00. The van der Waals surface area contributed by atoms with Gasteiger partial charge in [0.15, 0.2) is 0 Å². The molecule has 2 nitrogen and oxygen atoms in total. The van der Waals surface area contributed by atoms with Crippen molar-refractivity contribution in [2.75, 3.05) is 12.4 Å². The van der Waals surface area contributed by atoms with Crippen LogP contribution in [0.25, 0.3) is 11.8 Å². The molecular weight excluding hydrogens is 256 g/mol. The van der Waals surface area contributed by atoms with E-state index in [-0.39, 0.29) is 0 Å². The molecule has 0 bridgehead atoms. The van der Waals surface area contributed by atoms with Crippen LogP contribution in [0.15, 0.2) is 55.6 Å². The zero-order chi connectivity index (χ0) is 15.2. The first-order valence-corrected chi connectivity index (χ1v) is 7.11. The van der Waals surface area contributed by atoms with Crippen molar-refractivity contribution in [2.45, 2.75) is 12.8 Å². The molecule has 0 aliphatic rings. The molecule has 0 heterocycles. The largest absolute Gasteiger partial charge is 0.399 e. The van der Waals surface area contributed by atoms with Gasteiger partial charge in [-0.3, -0.25) is 0 Å². The number of aryl methyl sites for hydroxylation is 2. The zero-order valence-corrected chi connectivity index (χ0v) is 12.5. The van der Waals surface area contributed by atoms with E-state index in [4.69, 9.17) is 5.73 Å². The zero-order valence-electron chi connectivity index (χ0n) is 12.5. The third-order valence-corrected chi connectivity index (χ3v) is 3.59. The summed E-state index contributed by atoms with van der Waals surface area (Å²) in [6.45, 7) is 7.62. The molecule has 0 aliphatic heterocycles. The van der Waals surface area contributed by atoms with Gasteiger partial charge in [0.2, 0.25) is 0 Å². The second kappa shape index (κ2) is 6.80. The van der Waals surface area contributed by atoms with Gasteiger partial charge in [0.05, 0.1) is 0 Å². The number of nitrogens with one attached hydrogen (secondary N) is 1. The van der Waals surface area contributed by atoms with Gasteiger partial charge < -0.3 is 11.1 Å². The van der Waals surface area contributed by atoms with Gasteiger partial charge in [0.1, 0.15) is 0 Å². The smallest absolute Gasteiger partial charge is 0.0434 e. The number of anilines is 1. The van der Waals surface area contributed by atoms with Crippen LogP contribution in [-0.4, -0.2) is 7.05 Å². The molecule has 108 valence electrons. The molecule has 0 spiro atoms. The fraction of sp³-hybridized carbons (Fsp3) is 0.158. The van der Waals surface area contributed by atoms with E-state index in [1.54, 1.807) is 0 Å². The first-order chi connectivity index (χ1) is 10.1. The Kier molecular flexibility index (Phi) is 4.83. The predicted molar refractivity (Wildman–Crippen MR) is 93.2 cm³/mol. The Morgan fingerprint density at radius 3 is 2.48 bits per heavy atom. The van der Waals surface area contributed by atoms with Gasteiger partial charge in [-0.05, 0) is 35.6 Å². The van der Waals surface area contributed by atoms with Crippen molar-refractivity contribution < 1.29 is 0 Å². The number of rotatable bonds is 6. The fourth-order valence-electron chi connectivity index (χ4n) is 2.40. The molecule has 0 amide bonds. The molecule has 0 aliphatic carbocycles. The maximum absolute atomic E-state index is 5.79. The Morgan fingerprint density at radius 1 is 1.14 bits per heavy atom. The summed E-state index contributed by atoms with van der Waals surface area (Å²) < 4.78 is 0. The maximum atomic E-state index is 5.79. The number of hydrogen-bond acceptors (Lipinski definition) is 2. The summed E-state index contributed by atoms with van der Waals surface area (Å²) in [5.74, 6) is 0. The monoisotopic (exact) mass is 278 g/mol. The van der Waals surface area contributed by atoms with Gasteiger partial charge in [-0.25, -0.2) is 0 Å². The van der Waals surface area contributed by atoms with Crippen LogP contribution in [0.5, 0.6) is 0 Å². The molecule has 2 aromatic carbocycles. The summed E-state index contributed by atoms with van der Waals surface area (Å²) in [5, 5.41) is 3.18. The summed E-state index contributed by atoms with van der Waals surface area (Å²) in [5.41, 5.74) is 12.2. The van der Waals surface area contributed by atoms with Crippen LogP contribution in [0.1, 0.15) is 22.3 Å². The Morgan fingerprint density at radius 2 is 1.86 bits per heavy atom. The Hall–Kier alpha value is -2.48. The van der Waals surface area contributed by atoms with Crippen molar-refractivity contribution in [1.82, 2.24) is 0 Å². The van der Waals surface area contributed by atoms with Crippen molar-refractivity contribution in [3.63, 3.8) is 0 Å². The van der Waals surface area contributed by atoms with Crippen LogP contribution in [0.3, 0.4) is 0 Å². The summed E-state index contributed by atoms with van der Waals surface area (Å²) >= 11 is 0. The van der Waals surface area contributed by atoms with Gasteiger partial charge in [-0.15, -0.1) is 0 Å². The lowest BCUT2D eigenvalue weighted by molar-refractivity contribution is 0.959. The molecule has 2 rings (SSSR count). The molecule has 21 heavy (non-hydrogen) atoms. The van der Waals surface area contributed by atoms with Gasteiger partial charge in [-0.1, -0.05) is 55.6 Å². The second-order valence-corrected chi connectivity index (χ2v) is 5.10. The van der Waals surface area contributed by atoms with Gasteiger partial charge in [0, 0.05) is 24.0 Å². The molecule has 0 atom stereocenters. The van der Waals surface area contributed by atoms with Crippen molar-refractivity contribution in [1.29, 1.82) is 0 Å². The van der Waals surface area contributed by atoms with Crippen molar-refractivity contribution in [3.05, 3.63) is 77.9 Å². The average Bonchev–Trinajstić information content (AvgIpc) is 2.52. The predicted octanol–water partition coefficient (Wildman–Crippen LogP) is 4.09. The number of hydrogen-bond donors (Lipinski definition) is 2. The SMILES string of the molecule is C=Cc1cccc(CCc2ccc(C(=C)N)c(NC)c2)c1. The molecule has 0 saturated carbocycles. The number of nitrogens with two attached hydrogens (primary N) is 1. The summed E-state index contributed by atoms with van der Waals surface area (Å²) in [4.78, 5) is 0. The lowest BCUT2D eigenvalue weighted by Crippen LogP contribution is -2.02. The van der Waals surface area contributed by atoms with Gasteiger partial charge in [0.25, 0.3) is 0 Å². The first-order valence-electron chi connectivity index (χ1n) is 7.11. The molecule has 2 heteroatoms. The Bertz CT molecular complexity index is 656. The highest BCUT2D eigenvalue weighted by molar-refractivity contribution is 5.73. The van der Waals surface area contributed by atoms with E-state index in [1.165, 1.54) is 11.1 Å². The van der Waals surface area contributed by atoms with Crippen LogP contribution in [0, 0.1) is 0 Å². The Balaban J connectivity index is 2.12. The minimum absolute atomic E-state index is 0.588. The van der Waals surface area contributed by atoms with Crippen LogP contribution in [0.4, 0.5) is 5.69 Å². The molecule has 0 aromatic heterocycles. The summed E-state index contributed by atoms with van der Waals surface area (Å²) in [7, 11) is 1.90. The third kappa shape index (κ3) is 3.76. The lowest BCUT2D eigenvalue weighted by Gasteiger charge is -2.11. The van der Waals surface area contributed by atoms with Crippen LogP contribution < -0.4 is 11.1 Å². The van der Waals surface area contributed by atoms with E-state index >= 15 is 0 Å². The van der Waals surface area contributed by atoms with E-state index in [0.717, 1.165) is 29.7 Å². The molecule has 0 unspecified atom stereocenters. The first kappa shape index (κ1) is 14.9. The second-order valence-electron chi connectivity index (χ2n) is 5.10. The minimum Gasteiger partial charge on any atom is -0.399 e. The van der Waals surface area contributed by atoms with Gasteiger partial charge >= 0.3 is 0 Å². The van der Waals surface area contributed by atoms with Crippen LogP contribution in [0.2, 0.25) is 0 Å². The normalized spacial score (nSPS) is 10.1. The molecule has 0 saturated heterocycles. The fourth-order valence-corrected chi connectivity index (χ4v) is 2.40. The molecular formula is C19H22N2. The van der Waals surface area contributed by atoms with Gasteiger partial charge in [-0.2, -0.15) is 0 Å². The van der Waals surface area contributed by atoms with Crippen LogP contribution in [-0.2, 0) is 12.8 Å². The van der Waals surface area contributed by atoms with E-state index < -0.39 is 0 Å². The topological polar surface area (TPSA) is 38.0 Å². The highest BCUT2D eigenvalue weighted by atomic mass is 14.8. The van der Waals surface area contributed by atoms with Crippen molar-refractivity contribution in [3.8, 4) is 0 Å². The highest BCUT2D eigenvalue weighted by Gasteiger charge is 2.04. The maximum Gasteiger partial charge on any atom is 0.0434 e. The molecule has 0 radical (unpaired) electrons. The Labute approximate surface area is 127 Å². The van der Waals surface area contributed by atoms with E-state index in [1.807, 2.05) is 19.2 Å². The summed E-state index contributed by atoms with van der Waals surface area (Å²) in [6, 6.07) is 14.8. The standard InChI is InChI=1S/C19H22N2/c1-4-15-6-5-7-16(12-15)8-9-17-10-11-18(14(2)20)19(13-17)21-3/h4-7,10-13,21H,1-2,8-9,20H2,3H3. The molecule has 2 aromatic rings. The van der Waals surface area contributed by atoms with Crippen molar-refractivity contribution >= 4 is 17.5 Å². The van der Waals surface area contributed by atoms with Crippen molar-refractivity contribution in [2.24, 2.45) is 5.73 Å². The van der Waals surface area contributed by atoms with E-state index in [2.05, 4.69) is 54.9 Å². The molecule has 0 fully saturated rings. The van der Waals surface area contributed by atoms with E-state index in [9.17, 15) is 0 Å².